The molecule has 1 spiro atoms. The molecule has 1 aliphatic carbocycles. The maximum atomic E-state index is 6.06. The monoisotopic (exact) mass is 395 g/mol. The molecular formula is C14H26IN3O2. The average molecular weight is 395 g/mol. The van der Waals surface area contributed by atoms with E-state index in [4.69, 9.17) is 15.2 Å². The Morgan fingerprint density at radius 1 is 1.50 bits per heavy atom. The van der Waals surface area contributed by atoms with Crippen molar-refractivity contribution in [3.05, 3.63) is 12.7 Å². The van der Waals surface area contributed by atoms with Gasteiger partial charge in [0.15, 0.2) is 11.7 Å². The molecule has 1 atom stereocenters. The fraction of sp³-hybridized carbons (Fsp3) is 0.786. The second kappa shape index (κ2) is 8.19. The fourth-order valence-electron chi connectivity index (χ4n) is 2.60. The quantitative estimate of drug-likeness (QED) is 0.331. The highest BCUT2D eigenvalue weighted by Gasteiger charge is 2.43. The number of hydrogen-bond acceptors (Lipinski definition) is 3. The summed E-state index contributed by atoms with van der Waals surface area (Å²) in [5, 5.41) is 2.95. The summed E-state index contributed by atoms with van der Waals surface area (Å²) in [5.41, 5.74) is 5.72. The molecule has 1 unspecified atom stereocenters. The van der Waals surface area contributed by atoms with Crippen LogP contribution in [0.5, 0.6) is 0 Å². The van der Waals surface area contributed by atoms with E-state index in [1.54, 1.807) is 6.08 Å². The third kappa shape index (κ3) is 4.89. The summed E-state index contributed by atoms with van der Waals surface area (Å²) in [6.07, 6.45) is 6.13. The van der Waals surface area contributed by atoms with Gasteiger partial charge < -0.3 is 20.5 Å². The third-order valence-corrected chi connectivity index (χ3v) is 3.84. The Hall–Kier alpha value is -0.340. The van der Waals surface area contributed by atoms with Crippen molar-refractivity contribution in [2.45, 2.75) is 44.5 Å². The molecule has 116 valence electrons. The van der Waals surface area contributed by atoms with Crippen LogP contribution in [0.4, 0.5) is 0 Å². The van der Waals surface area contributed by atoms with Gasteiger partial charge in [-0.2, -0.15) is 0 Å². The smallest absolute Gasteiger partial charge is 0.188 e. The first kappa shape index (κ1) is 17.7. The molecular weight excluding hydrogens is 369 g/mol. The minimum atomic E-state index is -0.337. The summed E-state index contributed by atoms with van der Waals surface area (Å²) in [6, 6.07) is 0. The lowest BCUT2D eigenvalue weighted by atomic mass is 9.86. The fourth-order valence-corrected chi connectivity index (χ4v) is 2.60. The van der Waals surface area contributed by atoms with E-state index in [1.807, 2.05) is 0 Å². The van der Waals surface area contributed by atoms with Gasteiger partial charge >= 0.3 is 0 Å². The summed E-state index contributed by atoms with van der Waals surface area (Å²) in [6.45, 7) is 7.69. The zero-order valence-electron chi connectivity index (χ0n) is 12.1. The standard InChI is InChI=1S/C14H25N3O2.HI/c1-3-8-16-13(15)17-9-12-10-18-14(19-12)6-4-11(2)5-7-14;/h3,11-12H,1,4-10H2,2H3,(H3,15,16,17);1H. The SMILES string of the molecule is C=CCNC(N)=NCC1COC2(CCC(C)CC2)O1.I. The first-order valence-electron chi connectivity index (χ1n) is 7.10. The average Bonchev–Trinajstić information content (AvgIpc) is 2.81. The largest absolute Gasteiger partial charge is 0.370 e. The number of halogens is 1. The molecule has 1 saturated carbocycles. The number of rotatable bonds is 4. The van der Waals surface area contributed by atoms with E-state index in [0.717, 1.165) is 18.8 Å². The van der Waals surface area contributed by atoms with Gasteiger partial charge in [-0.15, -0.1) is 30.6 Å². The number of nitrogens with zero attached hydrogens (tertiary/aromatic N) is 1. The molecule has 20 heavy (non-hydrogen) atoms. The predicted molar refractivity (Wildman–Crippen MR) is 91.3 cm³/mol. The molecule has 5 nitrogen and oxygen atoms in total. The van der Waals surface area contributed by atoms with Crippen LogP contribution in [0.1, 0.15) is 32.6 Å². The van der Waals surface area contributed by atoms with E-state index in [2.05, 4.69) is 23.8 Å². The van der Waals surface area contributed by atoms with Crippen LogP contribution in [0.25, 0.3) is 0 Å². The molecule has 1 aliphatic heterocycles. The summed E-state index contributed by atoms with van der Waals surface area (Å²) in [5.74, 6) is 0.881. The zero-order valence-corrected chi connectivity index (χ0v) is 14.5. The molecule has 3 N–H and O–H groups in total. The Balaban J connectivity index is 0.00000200. The van der Waals surface area contributed by atoms with Crippen molar-refractivity contribution >= 4 is 29.9 Å². The van der Waals surface area contributed by atoms with Gasteiger partial charge in [0, 0.05) is 19.4 Å². The third-order valence-electron chi connectivity index (χ3n) is 3.84. The van der Waals surface area contributed by atoms with Gasteiger partial charge in [0.25, 0.3) is 0 Å². The normalized spacial score (nSPS) is 33.8. The van der Waals surface area contributed by atoms with Crippen LogP contribution in [0, 0.1) is 5.92 Å². The number of guanidine groups is 1. The molecule has 0 aromatic rings. The summed E-state index contributed by atoms with van der Waals surface area (Å²) < 4.78 is 11.9. The maximum Gasteiger partial charge on any atom is 0.188 e. The van der Waals surface area contributed by atoms with Crippen molar-refractivity contribution in [1.29, 1.82) is 0 Å². The Morgan fingerprint density at radius 2 is 2.20 bits per heavy atom. The number of nitrogens with one attached hydrogen (secondary N) is 1. The van der Waals surface area contributed by atoms with E-state index in [1.165, 1.54) is 12.8 Å². The highest BCUT2D eigenvalue weighted by Crippen LogP contribution is 2.39. The minimum Gasteiger partial charge on any atom is -0.370 e. The van der Waals surface area contributed by atoms with Crippen molar-refractivity contribution in [3.8, 4) is 0 Å². The highest BCUT2D eigenvalue weighted by molar-refractivity contribution is 14.0. The lowest BCUT2D eigenvalue weighted by molar-refractivity contribution is -0.190. The Labute approximate surface area is 138 Å². The van der Waals surface area contributed by atoms with Crippen LogP contribution < -0.4 is 11.1 Å². The topological polar surface area (TPSA) is 68.9 Å². The number of hydrogen-bond donors (Lipinski definition) is 2. The van der Waals surface area contributed by atoms with E-state index < -0.39 is 0 Å². The van der Waals surface area contributed by atoms with E-state index in [9.17, 15) is 0 Å². The molecule has 0 aromatic heterocycles. The van der Waals surface area contributed by atoms with Crippen LogP contribution in [0.3, 0.4) is 0 Å². The molecule has 0 bridgehead atoms. The second-order valence-corrected chi connectivity index (χ2v) is 5.54. The lowest BCUT2D eigenvalue weighted by Gasteiger charge is -2.34. The van der Waals surface area contributed by atoms with E-state index in [-0.39, 0.29) is 35.9 Å². The molecule has 1 saturated heterocycles. The molecule has 6 heteroatoms. The van der Waals surface area contributed by atoms with Crippen LogP contribution in [-0.4, -0.2) is 37.5 Å². The number of nitrogens with two attached hydrogens (primary N) is 1. The Bertz CT molecular complexity index is 341. The number of ether oxygens (including phenoxy) is 2. The first-order valence-corrected chi connectivity index (χ1v) is 7.10. The molecule has 2 fully saturated rings. The lowest BCUT2D eigenvalue weighted by Crippen LogP contribution is -2.36. The summed E-state index contributed by atoms with van der Waals surface area (Å²) >= 11 is 0. The van der Waals surface area contributed by atoms with Gasteiger partial charge in [-0.1, -0.05) is 13.0 Å². The Kier molecular flexibility index (Phi) is 7.25. The van der Waals surface area contributed by atoms with Gasteiger partial charge in [0.2, 0.25) is 0 Å². The molecule has 0 aromatic carbocycles. The zero-order chi connectivity index (χ0) is 13.7. The van der Waals surface area contributed by atoms with Gasteiger partial charge in [-0.3, -0.25) is 4.99 Å². The molecule has 2 aliphatic rings. The second-order valence-electron chi connectivity index (χ2n) is 5.54. The molecule has 2 rings (SSSR count). The number of aliphatic imine (C=N–C) groups is 1. The van der Waals surface area contributed by atoms with Crippen molar-refractivity contribution < 1.29 is 9.47 Å². The van der Waals surface area contributed by atoms with Crippen LogP contribution in [-0.2, 0) is 9.47 Å². The van der Waals surface area contributed by atoms with Gasteiger partial charge in [0.05, 0.1) is 13.2 Å². The van der Waals surface area contributed by atoms with Crippen molar-refractivity contribution in [2.24, 2.45) is 16.6 Å². The van der Waals surface area contributed by atoms with Gasteiger partial charge in [0.1, 0.15) is 6.10 Å². The maximum absolute atomic E-state index is 6.06. The van der Waals surface area contributed by atoms with Crippen LogP contribution >= 0.6 is 24.0 Å². The van der Waals surface area contributed by atoms with Crippen molar-refractivity contribution in [2.75, 3.05) is 19.7 Å². The van der Waals surface area contributed by atoms with Gasteiger partial charge in [-0.25, -0.2) is 0 Å². The van der Waals surface area contributed by atoms with E-state index >= 15 is 0 Å². The van der Waals surface area contributed by atoms with Crippen LogP contribution in [0.2, 0.25) is 0 Å². The molecule has 0 amide bonds. The summed E-state index contributed by atoms with van der Waals surface area (Å²) in [7, 11) is 0. The highest BCUT2D eigenvalue weighted by atomic mass is 127. The minimum absolute atomic E-state index is 0. The molecule has 1 heterocycles. The Morgan fingerprint density at radius 3 is 2.85 bits per heavy atom. The summed E-state index contributed by atoms with van der Waals surface area (Å²) in [4.78, 5) is 4.27. The predicted octanol–water partition coefficient (Wildman–Crippen LogP) is 2.02. The molecule has 0 radical (unpaired) electrons. The van der Waals surface area contributed by atoms with Gasteiger partial charge in [-0.05, 0) is 18.8 Å². The van der Waals surface area contributed by atoms with E-state index in [0.29, 0.717) is 25.7 Å². The van der Waals surface area contributed by atoms with Crippen molar-refractivity contribution in [1.82, 2.24) is 5.32 Å². The first-order chi connectivity index (χ1) is 9.13. The van der Waals surface area contributed by atoms with Crippen LogP contribution in [0.15, 0.2) is 17.6 Å². The van der Waals surface area contributed by atoms with Crippen molar-refractivity contribution in [3.63, 3.8) is 0 Å².